The van der Waals surface area contributed by atoms with Crippen LogP contribution < -0.4 is 4.90 Å². The molecule has 3 heterocycles. The van der Waals surface area contributed by atoms with Gasteiger partial charge in [0.25, 0.3) is 11.8 Å². The molecule has 0 N–H and O–H groups in total. The quantitative estimate of drug-likeness (QED) is 0.737. The highest BCUT2D eigenvalue weighted by atomic mass is 32.1. The van der Waals surface area contributed by atoms with Crippen LogP contribution in [0.1, 0.15) is 11.8 Å². The normalized spacial score (nSPS) is 18.5. The molecule has 0 unspecified atom stereocenters. The van der Waals surface area contributed by atoms with Gasteiger partial charge in [0.1, 0.15) is 5.70 Å². The molecule has 0 atom stereocenters. The molecule has 1 saturated heterocycles. The van der Waals surface area contributed by atoms with Crippen LogP contribution in [0.5, 0.6) is 0 Å². The van der Waals surface area contributed by atoms with Gasteiger partial charge < -0.3 is 9.80 Å². The van der Waals surface area contributed by atoms with Crippen LogP contribution in [0.25, 0.3) is 5.57 Å². The second-order valence-corrected chi connectivity index (χ2v) is 7.61. The number of anilines is 1. The highest BCUT2D eigenvalue weighted by molar-refractivity contribution is 7.11. The van der Waals surface area contributed by atoms with Gasteiger partial charge in [0, 0.05) is 37.1 Å². The number of thiophene rings is 1. The molecule has 1 aromatic carbocycles. The Kier molecular flexibility index (Phi) is 4.99. The van der Waals surface area contributed by atoms with Gasteiger partial charge in [-0.1, -0.05) is 13.0 Å². The van der Waals surface area contributed by atoms with E-state index >= 15 is 0 Å². The summed E-state index contributed by atoms with van der Waals surface area (Å²) in [4.78, 5) is 32.3. The van der Waals surface area contributed by atoms with Crippen molar-refractivity contribution < 1.29 is 18.4 Å². The Morgan fingerprint density at radius 1 is 1.00 bits per heavy atom. The van der Waals surface area contributed by atoms with Crippen molar-refractivity contribution in [3.63, 3.8) is 0 Å². The van der Waals surface area contributed by atoms with Gasteiger partial charge in [-0.05, 0) is 30.1 Å². The zero-order valence-electron chi connectivity index (χ0n) is 15.3. The van der Waals surface area contributed by atoms with Gasteiger partial charge in [-0.15, -0.1) is 11.3 Å². The number of amides is 2. The predicted molar refractivity (Wildman–Crippen MR) is 104 cm³/mol. The average Bonchev–Trinajstić information content (AvgIpc) is 3.30. The molecule has 0 saturated carbocycles. The van der Waals surface area contributed by atoms with Crippen molar-refractivity contribution >= 4 is 34.4 Å². The summed E-state index contributed by atoms with van der Waals surface area (Å²) < 4.78 is 27.1. The first-order valence-electron chi connectivity index (χ1n) is 9.10. The molecule has 0 aliphatic carbocycles. The van der Waals surface area contributed by atoms with E-state index in [2.05, 4.69) is 11.8 Å². The number of piperazine rings is 1. The fourth-order valence-electron chi connectivity index (χ4n) is 3.60. The number of hydrogen-bond acceptors (Lipinski definition) is 5. The lowest BCUT2D eigenvalue weighted by Gasteiger charge is -2.35. The molecule has 0 radical (unpaired) electrons. The number of likely N-dealkylation sites (N-methyl/N-ethyl adjacent to an activating group) is 1. The van der Waals surface area contributed by atoms with Crippen molar-refractivity contribution in [2.24, 2.45) is 0 Å². The van der Waals surface area contributed by atoms with E-state index in [4.69, 9.17) is 0 Å². The molecule has 8 heteroatoms. The molecule has 2 aliphatic heterocycles. The predicted octanol–water partition coefficient (Wildman–Crippen LogP) is 2.95. The van der Waals surface area contributed by atoms with Gasteiger partial charge >= 0.3 is 0 Å². The molecule has 5 nitrogen and oxygen atoms in total. The van der Waals surface area contributed by atoms with Crippen molar-refractivity contribution in [3.8, 4) is 0 Å². The van der Waals surface area contributed by atoms with E-state index in [0.717, 1.165) is 36.7 Å². The number of halogens is 2. The van der Waals surface area contributed by atoms with Crippen LogP contribution in [0.2, 0.25) is 0 Å². The lowest BCUT2D eigenvalue weighted by molar-refractivity contribution is -0.120. The molecule has 28 heavy (non-hydrogen) atoms. The van der Waals surface area contributed by atoms with Crippen molar-refractivity contribution in [2.45, 2.75) is 6.92 Å². The highest BCUT2D eigenvalue weighted by Crippen LogP contribution is 2.37. The Morgan fingerprint density at radius 2 is 1.75 bits per heavy atom. The van der Waals surface area contributed by atoms with Gasteiger partial charge in [-0.3, -0.25) is 9.59 Å². The first-order chi connectivity index (χ1) is 13.5. The van der Waals surface area contributed by atoms with E-state index in [1.54, 1.807) is 6.07 Å². The average molecular weight is 403 g/mol. The molecule has 1 fully saturated rings. The van der Waals surface area contributed by atoms with E-state index in [1.807, 2.05) is 16.3 Å². The second kappa shape index (κ2) is 7.44. The summed E-state index contributed by atoms with van der Waals surface area (Å²) >= 11 is 1.37. The molecule has 0 bridgehead atoms. The smallest absolute Gasteiger partial charge is 0.282 e. The van der Waals surface area contributed by atoms with E-state index in [0.29, 0.717) is 29.2 Å². The summed E-state index contributed by atoms with van der Waals surface area (Å²) in [6.45, 7) is 5.86. The molecule has 2 amide bonds. The zero-order chi connectivity index (χ0) is 19.8. The summed E-state index contributed by atoms with van der Waals surface area (Å²) in [5.74, 6) is -3.12. The summed E-state index contributed by atoms with van der Waals surface area (Å²) in [5, 5.41) is 1.84. The van der Waals surface area contributed by atoms with Crippen molar-refractivity contribution in [3.05, 3.63) is 57.9 Å². The number of imide groups is 1. The monoisotopic (exact) mass is 403 g/mol. The van der Waals surface area contributed by atoms with Crippen LogP contribution >= 0.6 is 11.3 Å². The number of hydrogen-bond donors (Lipinski definition) is 0. The maximum atomic E-state index is 13.7. The largest absolute Gasteiger partial charge is 0.364 e. The van der Waals surface area contributed by atoms with Crippen LogP contribution in [-0.4, -0.2) is 54.3 Å². The third kappa shape index (κ3) is 3.12. The fraction of sp³-hybridized carbons (Fsp3) is 0.300. The van der Waals surface area contributed by atoms with Crippen LogP contribution in [-0.2, 0) is 9.59 Å². The number of carbonyl (C=O) groups is 2. The van der Waals surface area contributed by atoms with Crippen molar-refractivity contribution in [1.82, 2.24) is 9.80 Å². The standard InChI is InChI=1S/C20H19F2N3O2S/c1-2-23-7-9-24(10-8-23)18-17(16-4-3-11-28-16)19(26)25(20(18)27)13-5-6-14(21)15(22)12-13/h3-6,11-12H,2,7-10H2,1H3. The van der Waals surface area contributed by atoms with E-state index in [9.17, 15) is 18.4 Å². The van der Waals surface area contributed by atoms with Crippen molar-refractivity contribution in [2.75, 3.05) is 37.6 Å². The summed E-state index contributed by atoms with van der Waals surface area (Å²) in [5.41, 5.74) is 0.702. The van der Waals surface area contributed by atoms with E-state index in [-0.39, 0.29) is 5.69 Å². The SMILES string of the molecule is CCN1CCN(C2=C(c3cccs3)C(=O)N(c3ccc(F)c(F)c3)C2=O)CC1. The molecule has 2 aliphatic rings. The Hall–Kier alpha value is -2.58. The maximum absolute atomic E-state index is 13.7. The third-order valence-electron chi connectivity index (χ3n) is 5.12. The maximum Gasteiger partial charge on any atom is 0.282 e. The lowest BCUT2D eigenvalue weighted by Crippen LogP contribution is -2.47. The highest BCUT2D eigenvalue weighted by Gasteiger charge is 2.43. The molecule has 146 valence electrons. The molecular weight excluding hydrogens is 384 g/mol. The number of carbonyl (C=O) groups excluding carboxylic acids is 2. The van der Waals surface area contributed by atoms with Gasteiger partial charge in [-0.2, -0.15) is 0 Å². The van der Waals surface area contributed by atoms with Crippen LogP contribution in [0.3, 0.4) is 0 Å². The minimum Gasteiger partial charge on any atom is -0.364 e. The van der Waals surface area contributed by atoms with Gasteiger partial charge in [0.2, 0.25) is 0 Å². The minimum atomic E-state index is -1.10. The van der Waals surface area contributed by atoms with E-state index in [1.165, 1.54) is 17.4 Å². The van der Waals surface area contributed by atoms with Crippen LogP contribution in [0.15, 0.2) is 41.4 Å². The molecule has 4 rings (SSSR count). The second-order valence-electron chi connectivity index (χ2n) is 6.67. The summed E-state index contributed by atoms with van der Waals surface area (Å²) in [7, 11) is 0. The number of nitrogens with zero attached hydrogens (tertiary/aromatic N) is 3. The lowest BCUT2D eigenvalue weighted by atomic mass is 10.1. The third-order valence-corrected chi connectivity index (χ3v) is 6.01. The Morgan fingerprint density at radius 3 is 2.36 bits per heavy atom. The minimum absolute atomic E-state index is 0.0325. The van der Waals surface area contributed by atoms with Gasteiger partial charge in [0.05, 0.1) is 11.3 Å². The molecule has 0 spiro atoms. The first-order valence-corrected chi connectivity index (χ1v) is 9.98. The van der Waals surface area contributed by atoms with Crippen LogP contribution in [0, 0.1) is 11.6 Å². The summed E-state index contributed by atoms with van der Waals surface area (Å²) in [6.07, 6.45) is 0. The molecule has 1 aromatic heterocycles. The molecule has 2 aromatic rings. The number of rotatable bonds is 4. The first kappa shape index (κ1) is 18.8. The van der Waals surface area contributed by atoms with Crippen LogP contribution in [0.4, 0.5) is 14.5 Å². The van der Waals surface area contributed by atoms with E-state index < -0.39 is 23.4 Å². The summed E-state index contributed by atoms with van der Waals surface area (Å²) in [6, 6.07) is 6.67. The Balaban J connectivity index is 1.75. The molecular formula is C20H19F2N3O2S. The Labute approximate surface area is 165 Å². The Bertz CT molecular complexity index is 950. The van der Waals surface area contributed by atoms with Crippen molar-refractivity contribution in [1.29, 1.82) is 0 Å². The van der Waals surface area contributed by atoms with Gasteiger partial charge in [0.15, 0.2) is 11.6 Å². The fourth-order valence-corrected chi connectivity index (χ4v) is 4.36. The van der Waals surface area contributed by atoms with Gasteiger partial charge in [-0.25, -0.2) is 13.7 Å². The number of benzene rings is 1. The zero-order valence-corrected chi connectivity index (χ0v) is 16.1. The topological polar surface area (TPSA) is 43.9 Å².